The smallest absolute Gasteiger partial charge is 0.238 e. The number of carbonyl (C=O) groups is 3. The molecule has 1 amide bonds. The van der Waals surface area contributed by atoms with Crippen molar-refractivity contribution in [1.29, 1.82) is 0 Å². The van der Waals surface area contributed by atoms with Gasteiger partial charge in [-0.2, -0.15) is 0 Å². The number of rotatable bonds is 6. The second-order valence-corrected chi connectivity index (χ2v) is 7.72. The Kier molecular flexibility index (Phi) is 5.27. The van der Waals surface area contributed by atoms with Gasteiger partial charge in [0.2, 0.25) is 17.5 Å². The van der Waals surface area contributed by atoms with Gasteiger partial charge in [-0.25, -0.2) is 8.42 Å². The number of amides is 1. The van der Waals surface area contributed by atoms with Crippen LogP contribution in [0.25, 0.3) is 0 Å². The molecule has 7 nitrogen and oxygen atoms in total. The molecule has 1 aromatic rings. The van der Waals surface area contributed by atoms with Crippen molar-refractivity contribution in [2.45, 2.75) is 30.7 Å². The molecule has 0 unspecified atom stereocenters. The van der Waals surface area contributed by atoms with Crippen LogP contribution >= 0.6 is 0 Å². The van der Waals surface area contributed by atoms with Crippen LogP contribution < -0.4 is 11.1 Å². The van der Waals surface area contributed by atoms with E-state index in [1.165, 1.54) is 0 Å². The number of nitrogens with one attached hydrogen (secondary N) is 1. The summed E-state index contributed by atoms with van der Waals surface area (Å²) in [7, 11) is -3.55. The number of sulfone groups is 1. The first kappa shape index (κ1) is 17.3. The third-order valence-electron chi connectivity index (χ3n) is 3.52. The van der Waals surface area contributed by atoms with Crippen LogP contribution in [0, 0.1) is 0 Å². The molecule has 2 rings (SSSR count). The first-order valence-electron chi connectivity index (χ1n) is 7.13. The van der Waals surface area contributed by atoms with E-state index in [1.807, 2.05) is 0 Å². The molecule has 0 saturated heterocycles. The van der Waals surface area contributed by atoms with Crippen molar-refractivity contribution < 1.29 is 22.8 Å². The largest absolute Gasteiger partial charge is 0.351 e. The first-order valence-corrected chi connectivity index (χ1v) is 8.95. The third kappa shape index (κ3) is 4.97. The van der Waals surface area contributed by atoms with Gasteiger partial charge in [-0.3, -0.25) is 14.4 Å². The molecule has 0 spiro atoms. The number of hydrogen-bond acceptors (Lipinski definition) is 6. The molecule has 3 N–H and O–H groups in total. The average Bonchev–Trinajstić information content (AvgIpc) is 2.77. The molecule has 8 heteroatoms. The van der Waals surface area contributed by atoms with E-state index in [2.05, 4.69) is 5.32 Å². The van der Waals surface area contributed by atoms with Gasteiger partial charge < -0.3 is 11.1 Å². The van der Waals surface area contributed by atoms with E-state index in [4.69, 9.17) is 5.73 Å². The van der Waals surface area contributed by atoms with Gasteiger partial charge in [0.1, 0.15) is 0 Å². The van der Waals surface area contributed by atoms with Gasteiger partial charge in [0.05, 0.1) is 17.5 Å². The molecule has 1 atom stereocenters. The lowest BCUT2D eigenvalue weighted by molar-refractivity contribution is -0.134. The summed E-state index contributed by atoms with van der Waals surface area (Å²) in [6.07, 6.45) is -0.123. The van der Waals surface area contributed by atoms with Gasteiger partial charge in [0.25, 0.3) is 0 Å². The maximum atomic E-state index is 12.1. The van der Waals surface area contributed by atoms with Crippen LogP contribution in [-0.2, 0) is 30.0 Å². The Hall–Kier alpha value is -2.06. The van der Waals surface area contributed by atoms with Crippen LogP contribution in [0.1, 0.15) is 18.4 Å². The van der Waals surface area contributed by atoms with Crippen LogP contribution in [0.3, 0.4) is 0 Å². The minimum Gasteiger partial charge on any atom is -0.351 e. The van der Waals surface area contributed by atoms with Gasteiger partial charge >= 0.3 is 0 Å². The van der Waals surface area contributed by atoms with Crippen molar-refractivity contribution in [2.24, 2.45) is 5.73 Å². The van der Waals surface area contributed by atoms with Crippen molar-refractivity contribution >= 4 is 27.3 Å². The van der Waals surface area contributed by atoms with Gasteiger partial charge in [0, 0.05) is 18.9 Å². The zero-order valence-electron chi connectivity index (χ0n) is 12.4. The second-order valence-electron chi connectivity index (χ2n) is 5.61. The maximum Gasteiger partial charge on any atom is 0.238 e. The lowest BCUT2D eigenvalue weighted by Gasteiger charge is -2.16. The van der Waals surface area contributed by atoms with Crippen LogP contribution in [0.5, 0.6) is 0 Å². The number of benzene rings is 1. The molecular weight excluding hydrogens is 320 g/mol. The molecule has 23 heavy (non-hydrogen) atoms. The summed E-state index contributed by atoms with van der Waals surface area (Å²) < 4.78 is 24.2. The van der Waals surface area contributed by atoms with Crippen molar-refractivity contribution in [3.05, 3.63) is 35.9 Å². The van der Waals surface area contributed by atoms with E-state index < -0.39 is 45.1 Å². The second kappa shape index (κ2) is 7.01. The fourth-order valence-electron chi connectivity index (χ4n) is 2.39. The van der Waals surface area contributed by atoms with Crippen LogP contribution in [-0.4, -0.2) is 43.7 Å². The highest BCUT2D eigenvalue weighted by Gasteiger charge is 2.33. The highest BCUT2D eigenvalue weighted by Crippen LogP contribution is 2.12. The Morgan fingerprint density at radius 2 is 1.74 bits per heavy atom. The van der Waals surface area contributed by atoms with Crippen LogP contribution in [0.15, 0.2) is 30.3 Å². The molecule has 1 fully saturated rings. The summed E-state index contributed by atoms with van der Waals surface area (Å²) in [5.41, 5.74) is 6.26. The molecule has 0 heterocycles. The highest BCUT2D eigenvalue weighted by molar-refractivity contribution is 7.90. The Balaban J connectivity index is 1.90. The number of Topliss-reactive ketones (excluding diaryl/α,β-unsaturated/α-hetero) is 2. The lowest BCUT2D eigenvalue weighted by atomic mass is 10.2. The quantitative estimate of drug-likeness (QED) is 0.664. The Morgan fingerprint density at radius 1 is 1.17 bits per heavy atom. The van der Waals surface area contributed by atoms with Crippen molar-refractivity contribution in [2.75, 3.05) is 5.75 Å². The number of carbonyl (C=O) groups excluding carboxylic acids is 3. The summed E-state index contributed by atoms with van der Waals surface area (Å²) in [6, 6.07) is 6.76. The average molecular weight is 338 g/mol. The van der Waals surface area contributed by atoms with Crippen molar-refractivity contribution in [3.63, 3.8) is 0 Å². The monoisotopic (exact) mass is 338 g/mol. The molecule has 0 aromatic heterocycles. The topological polar surface area (TPSA) is 123 Å². The van der Waals surface area contributed by atoms with Gasteiger partial charge in [0.15, 0.2) is 9.84 Å². The standard InChI is InChI=1S/C15H18N2O5S/c16-12(15(20)17-11-6-13(18)14(19)7-11)9-23(21,22)8-10-4-2-1-3-5-10/h1-5,11-12H,6-9,16H2,(H,17,20)/t12-/m0/s1. The lowest BCUT2D eigenvalue weighted by Crippen LogP contribution is -2.48. The molecule has 1 aromatic carbocycles. The van der Waals surface area contributed by atoms with Crippen molar-refractivity contribution in [3.8, 4) is 0 Å². The van der Waals surface area contributed by atoms with Gasteiger partial charge in [-0.1, -0.05) is 30.3 Å². The molecule has 124 valence electrons. The summed E-state index contributed by atoms with van der Waals surface area (Å²) in [6.45, 7) is 0. The minimum atomic E-state index is -3.55. The number of hydrogen-bond donors (Lipinski definition) is 2. The fourth-order valence-corrected chi connectivity index (χ4v) is 3.91. The van der Waals surface area contributed by atoms with E-state index in [0.717, 1.165) is 0 Å². The van der Waals surface area contributed by atoms with Gasteiger partial charge in [-0.05, 0) is 5.56 Å². The van der Waals surface area contributed by atoms with E-state index in [0.29, 0.717) is 5.56 Å². The summed E-state index contributed by atoms with van der Waals surface area (Å²) in [5, 5.41) is 2.46. The highest BCUT2D eigenvalue weighted by atomic mass is 32.2. The normalized spacial score (nSPS) is 17.3. The SMILES string of the molecule is N[C@@H](CS(=O)(=O)Cc1ccccc1)C(=O)NC1CC(=O)C(=O)C1. The molecule has 0 aliphatic heterocycles. The summed E-state index contributed by atoms with van der Waals surface area (Å²) >= 11 is 0. The minimum absolute atomic E-state index is 0.0614. The van der Waals surface area contributed by atoms with E-state index in [-0.39, 0.29) is 18.6 Å². The Bertz CT molecular complexity index is 699. The van der Waals surface area contributed by atoms with Crippen LogP contribution in [0.4, 0.5) is 0 Å². The zero-order valence-corrected chi connectivity index (χ0v) is 13.2. The molecule has 1 aliphatic carbocycles. The zero-order chi connectivity index (χ0) is 17.0. The summed E-state index contributed by atoms with van der Waals surface area (Å²) in [5.74, 6) is -2.42. The molecule has 0 bridgehead atoms. The fraction of sp³-hybridized carbons (Fsp3) is 0.400. The van der Waals surface area contributed by atoms with E-state index in [9.17, 15) is 22.8 Å². The Morgan fingerprint density at radius 3 is 2.30 bits per heavy atom. The third-order valence-corrected chi connectivity index (χ3v) is 5.16. The first-order chi connectivity index (χ1) is 10.8. The molecule has 1 aliphatic rings. The number of nitrogens with two attached hydrogens (primary N) is 1. The van der Waals surface area contributed by atoms with Crippen LogP contribution in [0.2, 0.25) is 0 Å². The summed E-state index contributed by atoms with van der Waals surface area (Å²) in [4.78, 5) is 34.2. The van der Waals surface area contributed by atoms with Gasteiger partial charge in [-0.15, -0.1) is 0 Å². The van der Waals surface area contributed by atoms with E-state index in [1.54, 1.807) is 30.3 Å². The Labute approximate surface area is 134 Å². The maximum absolute atomic E-state index is 12.1. The predicted molar refractivity (Wildman–Crippen MR) is 83.1 cm³/mol. The van der Waals surface area contributed by atoms with E-state index >= 15 is 0 Å². The number of ketones is 2. The van der Waals surface area contributed by atoms with Crippen molar-refractivity contribution in [1.82, 2.24) is 5.32 Å². The molecular formula is C15H18N2O5S. The molecule has 1 saturated carbocycles. The predicted octanol–water partition coefficient (Wildman–Crippen LogP) is -0.655. The molecule has 0 radical (unpaired) electrons.